The number of esters is 1. The van der Waals surface area contributed by atoms with Crippen LogP contribution in [0.4, 0.5) is 0 Å². The van der Waals surface area contributed by atoms with Crippen LogP contribution in [0.1, 0.15) is 71.6 Å². The molecule has 0 aliphatic rings. The zero-order chi connectivity index (χ0) is 14.2. The van der Waals surface area contributed by atoms with Gasteiger partial charge in [-0.15, -0.1) is 0 Å². The molecule has 0 rings (SSSR count). The molecule has 0 N–H and O–H groups in total. The zero-order valence-electron chi connectivity index (χ0n) is 12.7. The third-order valence-electron chi connectivity index (χ3n) is 2.99. The Morgan fingerprint density at radius 2 is 1.63 bits per heavy atom. The van der Waals surface area contributed by atoms with Gasteiger partial charge in [-0.3, -0.25) is 4.79 Å². The van der Waals surface area contributed by atoms with Crippen LogP contribution in [0.15, 0.2) is 24.3 Å². The Morgan fingerprint density at radius 3 is 2.32 bits per heavy atom. The molecule has 0 unspecified atom stereocenters. The van der Waals surface area contributed by atoms with E-state index in [1.807, 2.05) is 6.92 Å². The lowest BCUT2D eigenvalue weighted by atomic mass is 10.1. The topological polar surface area (TPSA) is 26.3 Å². The molecule has 0 fully saturated rings. The van der Waals surface area contributed by atoms with Crippen molar-refractivity contribution >= 4 is 5.97 Å². The summed E-state index contributed by atoms with van der Waals surface area (Å²) in [5.74, 6) is -0.0790. The number of allylic oxidation sites excluding steroid dienone is 4. The Morgan fingerprint density at radius 1 is 0.947 bits per heavy atom. The molecule has 19 heavy (non-hydrogen) atoms. The third-order valence-corrected chi connectivity index (χ3v) is 2.99. The first kappa shape index (κ1) is 17.9. The summed E-state index contributed by atoms with van der Waals surface area (Å²) in [5, 5.41) is 0. The molecule has 0 saturated heterocycles. The first-order valence-electron chi connectivity index (χ1n) is 7.73. The van der Waals surface area contributed by atoms with Crippen LogP contribution in [0.3, 0.4) is 0 Å². The second-order valence-corrected chi connectivity index (χ2v) is 4.76. The molecule has 0 aliphatic carbocycles. The summed E-state index contributed by atoms with van der Waals surface area (Å²) in [5.41, 5.74) is 0. The third kappa shape index (κ3) is 14.9. The van der Waals surface area contributed by atoms with Crippen LogP contribution in [0.5, 0.6) is 0 Å². The number of carbonyl (C=O) groups is 1. The molecule has 0 radical (unpaired) electrons. The van der Waals surface area contributed by atoms with Gasteiger partial charge in [0, 0.05) is 6.42 Å². The average molecular weight is 266 g/mol. The summed E-state index contributed by atoms with van der Waals surface area (Å²) in [7, 11) is 0. The number of ether oxygens (including phenoxy) is 1. The van der Waals surface area contributed by atoms with Gasteiger partial charge >= 0.3 is 5.97 Å². The highest BCUT2D eigenvalue weighted by molar-refractivity contribution is 5.68. The van der Waals surface area contributed by atoms with Gasteiger partial charge in [0.2, 0.25) is 0 Å². The molecule has 0 amide bonds. The maximum atomic E-state index is 10.9. The number of rotatable bonds is 12. The average Bonchev–Trinajstić information content (AvgIpc) is 2.43. The quantitative estimate of drug-likeness (QED) is 0.276. The van der Waals surface area contributed by atoms with Gasteiger partial charge in [-0.05, 0) is 32.6 Å². The standard InChI is InChI=1S/C17H30O2/c1-3-5-6-7-8-9-10-11-12-13-14-15-16-19-17(18)4-2/h3,5,7-8H,4,6,9-16H2,1-2H3/b5-3+,8-7+. The summed E-state index contributed by atoms with van der Waals surface area (Å²) < 4.78 is 5.03. The van der Waals surface area contributed by atoms with Crippen LogP contribution in [0, 0.1) is 0 Å². The maximum Gasteiger partial charge on any atom is 0.305 e. The van der Waals surface area contributed by atoms with E-state index in [-0.39, 0.29) is 5.97 Å². The van der Waals surface area contributed by atoms with Crippen molar-refractivity contribution in [3.8, 4) is 0 Å². The van der Waals surface area contributed by atoms with Crippen molar-refractivity contribution < 1.29 is 9.53 Å². The Labute approximate surface area is 118 Å². The van der Waals surface area contributed by atoms with E-state index >= 15 is 0 Å². The Kier molecular flexibility index (Phi) is 14.2. The molecule has 110 valence electrons. The van der Waals surface area contributed by atoms with E-state index in [4.69, 9.17) is 4.74 Å². The highest BCUT2D eigenvalue weighted by Gasteiger charge is 1.97. The van der Waals surface area contributed by atoms with Gasteiger partial charge in [-0.1, -0.05) is 56.9 Å². The van der Waals surface area contributed by atoms with Crippen molar-refractivity contribution in [3.63, 3.8) is 0 Å². The van der Waals surface area contributed by atoms with E-state index in [9.17, 15) is 4.79 Å². The van der Waals surface area contributed by atoms with Gasteiger partial charge in [0.05, 0.1) is 6.61 Å². The predicted molar refractivity (Wildman–Crippen MR) is 82.1 cm³/mol. The number of hydrogen-bond donors (Lipinski definition) is 0. The van der Waals surface area contributed by atoms with E-state index in [0.717, 1.165) is 12.8 Å². The second kappa shape index (κ2) is 15.0. The zero-order valence-corrected chi connectivity index (χ0v) is 12.7. The van der Waals surface area contributed by atoms with Gasteiger partial charge in [-0.25, -0.2) is 0 Å². The first-order chi connectivity index (χ1) is 9.31. The highest BCUT2D eigenvalue weighted by atomic mass is 16.5. The minimum absolute atomic E-state index is 0.0790. The van der Waals surface area contributed by atoms with Crippen LogP contribution < -0.4 is 0 Å². The molecule has 0 bridgehead atoms. The molecule has 0 aromatic heterocycles. The number of unbranched alkanes of at least 4 members (excludes halogenated alkanes) is 6. The molecule has 0 aliphatic heterocycles. The van der Waals surface area contributed by atoms with Gasteiger partial charge in [-0.2, -0.15) is 0 Å². The van der Waals surface area contributed by atoms with Crippen LogP contribution >= 0.6 is 0 Å². The van der Waals surface area contributed by atoms with Crippen molar-refractivity contribution in [2.24, 2.45) is 0 Å². The summed E-state index contributed by atoms with van der Waals surface area (Å²) in [6.07, 6.45) is 18.9. The predicted octanol–water partition coefficient (Wildman–Crippen LogP) is 5.19. The lowest BCUT2D eigenvalue weighted by Gasteiger charge is -2.03. The first-order valence-corrected chi connectivity index (χ1v) is 7.73. The monoisotopic (exact) mass is 266 g/mol. The van der Waals surface area contributed by atoms with Crippen LogP contribution in [0.2, 0.25) is 0 Å². The second-order valence-electron chi connectivity index (χ2n) is 4.76. The number of carbonyl (C=O) groups excluding carboxylic acids is 1. The minimum atomic E-state index is -0.0790. The molecule has 0 saturated carbocycles. The molecule has 0 heterocycles. The van der Waals surface area contributed by atoms with E-state index in [2.05, 4.69) is 31.2 Å². The van der Waals surface area contributed by atoms with Gasteiger partial charge in [0.1, 0.15) is 0 Å². The SMILES string of the molecule is C/C=C/C/C=C/CCCCCCCCOC(=O)CC. The van der Waals surface area contributed by atoms with Crippen molar-refractivity contribution in [2.75, 3.05) is 6.61 Å². The fourth-order valence-corrected chi connectivity index (χ4v) is 1.79. The highest BCUT2D eigenvalue weighted by Crippen LogP contribution is 2.08. The fourth-order valence-electron chi connectivity index (χ4n) is 1.79. The maximum absolute atomic E-state index is 10.9. The van der Waals surface area contributed by atoms with Gasteiger partial charge in [0.15, 0.2) is 0 Å². The van der Waals surface area contributed by atoms with Crippen molar-refractivity contribution in [1.82, 2.24) is 0 Å². The molecule has 0 aromatic carbocycles. The smallest absolute Gasteiger partial charge is 0.305 e. The molecular formula is C17H30O2. The summed E-state index contributed by atoms with van der Waals surface area (Å²) in [4.78, 5) is 10.9. The van der Waals surface area contributed by atoms with Crippen molar-refractivity contribution in [1.29, 1.82) is 0 Å². The van der Waals surface area contributed by atoms with E-state index < -0.39 is 0 Å². The lowest BCUT2D eigenvalue weighted by molar-refractivity contribution is -0.143. The summed E-state index contributed by atoms with van der Waals surface area (Å²) in [6, 6.07) is 0. The molecule has 2 nitrogen and oxygen atoms in total. The minimum Gasteiger partial charge on any atom is -0.466 e. The van der Waals surface area contributed by atoms with Crippen molar-refractivity contribution in [2.45, 2.75) is 71.6 Å². The van der Waals surface area contributed by atoms with Crippen LogP contribution in [-0.4, -0.2) is 12.6 Å². The molecule has 0 aromatic rings. The normalized spacial score (nSPS) is 11.5. The van der Waals surface area contributed by atoms with E-state index in [0.29, 0.717) is 13.0 Å². The van der Waals surface area contributed by atoms with Crippen molar-refractivity contribution in [3.05, 3.63) is 24.3 Å². The molecular weight excluding hydrogens is 236 g/mol. The molecule has 0 atom stereocenters. The molecule has 0 spiro atoms. The fraction of sp³-hybridized carbons (Fsp3) is 0.706. The Bertz CT molecular complexity index is 254. The van der Waals surface area contributed by atoms with Crippen LogP contribution in [-0.2, 0) is 9.53 Å². The largest absolute Gasteiger partial charge is 0.466 e. The lowest BCUT2D eigenvalue weighted by Crippen LogP contribution is -2.03. The summed E-state index contributed by atoms with van der Waals surface area (Å²) >= 11 is 0. The Hall–Kier alpha value is -1.05. The Balaban J connectivity index is 3.10. The van der Waals surface area contributed by atoms with Gasteiger partial charge < -0.3 is 4.74 Å². The molecule has 2 heteroatoms. The van der Waals surface area contributed by atoms with E-state index in [1.165, 1.54) is 38.5 Å². The van der Waals surface area contributed by atoms with Gasteiger partial charge in [0.25, 0.3) is 0 Å². The van der Waals surface area contributed by atoms with Crippen LogP contribution in [0.25, 0.3) is 0 Å². The summed E-state index contributed by atoms with van der Waals surface area (Å²) in [6.45, 7) is 4.48. The van der Waals surface area contributed by atoms with E-state index in [1.54, 1.807) is 0 Å². The number of hydrogen-bond acceptors (Lipinski definition) is 2.